The lowest BCUT2D eigenvalue weighted by Gasteiger charge is -2.06. The second kappa shape index (κ2) is 8.25. The van der Waals surface area contributed by atoms with Gasteiger partial charge in [0.1, 0.15) is 5.25 Å². The van der Waals surface area contributed by atoms with E-state index in [0.29, 0.717) is 10.9 Å². The fraction of sp³-hybridized carbons (Fsp3) is 0.111. The maximum atomic E-state index is 12.0. The molecule has 1 atom stereocenters. The Bertz CT molecular complexity index is 806. The van der Waals surface area contributed by atoms with Crippen LogP contribution in [0.1, 0.15) is 12.0 Å². The minimum absolute atomic E-state index is 0.0762. The Morgan fingerprint density at radius 2 is 1.80 bits per heavy atom. The van der Waals surface area contributed by atoms with Crippen molar-refractivity contribution in [3.05, 3.63) is 66.2 Å². The van der Waals surface area contributed by atoms with E-state index >= 15 is 0 Å². The monoisotopic (exact) mass is 352 g/mol. The number of hydrogen-bond acceptors (Lipinski definition) is 5. The molecule has 2 aromatic rings. The van der Waals surface area contributed by atoms with Crippen LogP contribution in [0.5, 0.6) is 0 Å². The number of amides is 2. The van der Waals surface area contributed by atoms with Gasteiger partial charge in [0.25, 0.3) is 0 Å². The van der Waals surface area contributed by atoms with Gasteiger partial charge in [-0.2, -0.15) is 5.10 Å². The highest BCUT2D eigenvalue weighted by molar-refractivity contribution is 8.15. The predicted molar refractivity (Wildman–Crippen MR) is 101 cm³/mol. The molecule has 0 bridgehead atoms. The lowest BCUT2D eigenvalue weighted by atomic mass is 10.2. The van der Waals surface area contributed by atoms with Crippen molar-refractivity contribution in [3.63, 3.8) is 0 Å². The highest BCUT2D eigenvalue weighted by Gasteiger charge is 2.32. The first kappa shape index (κ1) is 16.9. The molecule has 7 heteroatoms. The largest absolute Gasteiger partial charge is 0.326 e. The van der Waals surface area contributed by atoms with Gasteiger partial charge in [-0.15, -0.1) is 5.10 Å². The molecule has 0 spiro atoms. The standard InChI is InChI=1S/C18H16N4O2S/c23-16(20-14-9-5-2-6-10-14)11-15-17(24)21-18(25-15)22-19-12-13-7-3-1-4-8-13/h1-10,12,15H,11H2,(H,20,23)(H,21,22,24)/b19-12-/t15-/m1/s1. The Kier molecular flexibility index (Phi) is 5.58. The van der Waals surface area contributed by atoms with Gasteiger partial charge in [-0.1, -0.05) is 60.3 Å². The molecule has 1 aliphatic heterocycles. The van der Waals surface area contributed by atoms with Crippen LogP contribution in [-0.4, -0.2) is 28.4 Å². The maximum absolute atomic E-state index is 12.0. The molecule has 6 nitrogen and oxygen atoms in total. The molecule has 25 heavy (non-hydrogen) atoms. The highest BCUT2D eigenvalue weighted by Crippen LogP contribution is 2.23. The fourth-order valence-corrected chi connectivity index (χ4v) is 3.10. The van der Waals surface area contributed by atoms with Crippen LogP contribution in [0.4, 0.5) is 5.69 Å². The molecule has 0 aromatic heterocycles. The van der Waals surface area contributed by atoms with Gasteiger partial charge in [-0.3, -0.25) is 9.59 Å². The average molecular weight is 352 g/mol. The van der Waals surface area contributed by atoms with Crippen LogP contribution in [0.2, 0.25) is 0 Å². The molecular weight excluding hydrogens is 336 g/mol. The first-order chi connectivity index (χ1) is 12.2. The Labute approximate surface area is 149 Å². The number of nitrogens with zero attached hydrogens (tertiary/aromatic N) is 2. The quantitative estimate of drug-likeness (QED) is 0.641. The molecular formula is C18H16N4O2S. The van der Waals surface area contributed by atoms with E-state index in [4.69, 9.17) is 0 Å². The van der Waals surface area contributed by atoms with Crippen molar-refractivity contribution in [2.45, 2.75) is 11.7 Å². The molecule has 2 N–H and O–H groups in total. The number of para-hydroxylation sites is 1. The third-order valence-electron chi connectivity index (χ3n) is 3.36. The minimum Gasteiger partial charge on any atom is -0.326 e. The third kappa shape index (κ3) is 5.02. The number of thioether (sulfide) groups is 1. The number of hydrogen-bond donors (Lipinski definition) is 2. The van der Waals surface area contributed by atoms with E-state index in [-0.39, 0.29) is 18.2 Å². The molecule has 0 unspecified atom stereocenters. The van der Waals surface area contributed by atoms with Crippen LogP contribution in [0.3, 0.4) is 0 Å². The van der Waals surface area contributed by atoms with Gasteiger partial charge in [0.2, 0.25) is 11.8 Å². The summed E-state index contributed by atoms with van der Waals surface area (Å²) in [7, 11) is 0. The van der Waals surface area contributed by atoms with Crippen molar-refractivity contribution in [3.8, 4) is 0 Å². The van der Waals surface area contributed by atoms with Gasteiger partial charge >= 0.3 is 0 Å². The molecule has 0 aliphatic carbocycles. The van der Waals surface area contributed by atoms with Crippen molar-refractivity contribution in [1.82, 2.24) is 5.32 Å². The van der Waals surface area contributed by atoms with Crippen molar-refractivity contribution < 1.29 is 9.59 Å². The number of benzene rings is 2. The molecule has 1 aliphatic rings. The number of carbonyl (C=O) groups is 2. The van der Waals surface area contributed by atoms with Crippen molar-refractivity contribution in [2.24, 2.45) is 10.2 Å². The molecule has 0 saturated carbocycles. The van der Waals surface area contributed by atoms with Crippen LogP contribution >= 0.6 is 11.8 Å². The van der Waals surface area contributed by atoms with Crippen LogP contribution < -0.4 is 10.6 Å². The second-order valence-electron chi connectivity index (χ2n) is 5.27. The third-order valence-corrected chi connectivity index (χ3v) is 4.43. The summed E-state index contributed by atoms with van der Waals surface area (Å²) in [5.41, 5.74) is 1.62. The van der Waals surface area contributed by atoms with Gasteiger partial charge in [0.15, 0.2) is 5.17 Å². The number of nitrogens with one attached hydrogen (secondary N) is 2. The summed E-state index contributed by atoms with van der Waals surface area (Å²) in [6.45, 7) is 0. The summed E-state index contributed by atoms with van der Waals surface area (Å²) in [5.74, 6) is -0.449. The summed E-state index contributed by atoms with van der Waals surface area (Å²) < 4.78 is 0. The summed E-state index contributed by atoms with van der Waals surface area (Å²) in [5, 5.41) is 13.3. The number of carbonyl (C=O) groups excluding carboxylic acids is 2. The normalized spacial score (nSPS) is 18.5. The molecule has 1 heterocycles. The summed E-state index contributed by atoms with van der Waals surface area (Å²) in [4.78, 5) is 24.0. The number of amidine groups is 1. The second-order valence-corrected chi connectivity index (χ2v) is 6.47. The van der Waals surface area contributed by atoms with Crippen LogP contribution in [0, 0.1) is 0 Å². The smallest absolute Gasteiger partial charge is 0.240 e. The van der Waals surface area contributed by atoms with Gasteiger partial charge in [0.05, 0.1) is 6.21 Å². The zero-order valence-corrected chi connectivity index (χ0v) is 14.1. The molecule has 3 rings (SSSR count). The zero-order valence-electron chi connectivity index (χ0n) is 13.3. The van der Waals surface area contributed by atoms with E-state index in [0.717, 1.165) is 5.56 Å². The van der Waals surface area contributed by atoms with Crippen LogP contribution in [0.15, 0.2) is 70.9 Å². The van der Waals surface area contributed by atoms with Gasteiger partial charge in [-0.05, 0) is 17.7 Å². The van der Waals surface area contributed by atoms with E-state index in [1.807, 2.05) is 48.5 Å². The number of anilines is 1. The minimum atomic E-state index is -0.505. The van der Waals surface area contributed by atoms with Crippen molar-refractivity contribution in [1.29, 1.82) is 0 Å². The summed E-state index contributed by atoms with van der Waals surface area (Å²) in [6.07, 6.45) is 1.68. The van der Waals surface area contributed by atoms with Gasteiger partial charge in [-0.25, -0.2) is 0 Å². The van der Waals surface area contributed by atoms with E-state index < -0.39 is 5.25 Å². The lowest BCUT2D eigenvalue weighted by Crippen LogP contribution is -2.28. The fourth-order valence-electron chi connectivity index (χ4n) is 2.18. The SMILES string of the molecule is O=C(C[C@H]1S/C(=N/N=C\c2ccccc2)NC1=O)Nc1ccccc1. The number of rotatable bonds is 5. The average Bonchev–Trinajstić information content (AvgIpc) is 2.96. The van der Waals surface area contributed by atoms with Gasteiger partial charge < -0.3 is 10.6 Å². The molecule has 1 fully saturated rings. The Balaban J connectivity index is 1.54. The van der Waals surface area contributed by atoms with E-state index in [9.17, 15) is 9.59 Å². The van der Waals surface area contributed by atoms with Crippen LogP contribution in [-0.2, 0) is 9.59 Å². The summed E-state index contributed by atoms with van der Waals surface area (Å²) in [6, 6.07) is 18.7. The first-order valence-corrected chi connectivity index (χ1v) is 8.57. The van der Waals surface area contributed by atoms with Crippen molar-refractivity contribution in [2.75, 3.05) is 5.32 Å². The maximum Gasteiger partial charge on any atom is 0.240 e. The lowest BCUT2D eigenvalue weighted by molar-refractivity contribution is -0.122. The molecule has 0 radical (unpaired) electrons. The van der Waals surface area contributed by atoms with Crippen LogP contribution in [0.25, 0.3) is 0 Å². The van der Waals surface area contributed by atoms with Gasteiger partial charge in [0, 0.05) is 12.1 Å². The van der Waals surface area contributed by atoms with E-state index in [1.54, 1.807) is 18.3 Å². The molecule has 1 saturated heterocycles. The Morgan fingerprint density at radius 1 is 1.12 bits per heavy atom. The topological polar surface area (TPSA) is 82.9 Å². The molecule has 126 valence electrons. The van der Waals surface area contributed by atoms with E-state index in [1.165, 1.54) is 11.8 Å². The predicted octanol–water partition coefficient (Wildman–Crippen LogP) is 2.64. The summed E-state index contributed by atoms with van der Waals surface area (Å²) >= 11 is 1.21. The Morgan fingerprint density at radius 3 is 2.52 bits per heavy atom. The first-order valence-electron chi connectivity index (χ1n) is 7.69. The highest BCUT2D eigenvalue weighted by atomic mass is 32.2. The van der Waals surface area contributed by atoms with Crippen molar-refractivity contribution >= 4 is 40.6 Å². The Hall–Kier alpha value is -2.93. The zero-order chi connectivity index (χ0) is 17.5. The molecule has 2 aromatic carbocycles. The molecule has 2 amide bonds. The van der Waals surface area contributed by atoms with E-state index in [2.05, 4.69) is 20.8 Å².